The average molecular weight is 217 g/mol. The fraction of sp³-hybridized carbons (Fsp3) is 0.909. The number of ether oxygens (including phenoxy) is 1. The minimum Gasteiger partial charge on any atom is -0.480 e. The second-order valence-electron chi connectivity index (χ2n) is 3.91. The molecule has 0 bridgehead atoms. The van der Waals surface area contributed by atoms with Gasteiger partial charge in [0.2, 0.25) is 0 Å². The summed E-state index contributed by atoms with van der Waals surface area (Å²) < 4.78 is 5.32. The number of hydrogen-bond acceptors (Lipinski definition) is 3. The third-order valence-electron chi connectivity index (χ3n) is 2.09. The molecule has 0 amide bonds. The Hall–Kier alpha value is -0.610. The molecular weight excluding hydrogens is 194 g/mol. The van der Waals surface area contributed by atoms with E-state index in [1.807, 2.05) is 13.8 Å². The van der Waals surface area contributed by atoms with Gasteiger partial charge < -0.3 is 15.2 Å². The summed E-state index contributed by atoms with van der Waals surface area (Å²) in [6.07, 6.45) is 2.85. The molecule has 0 aliphatic heterocycles. The molecule has 15 heavy (non-hydrogen) atoms. The zero-order valence-corrected chi connectivity index (χ0v) is 9.95. The van der Waals surface area contributed by atoms with Crippen molar-refractivity contribution in [2.45, 2.75) is 52.2 Å². The van der Waals surface area contributed by atoms with Crippen LogP contribution >= 0.6 is 0 Å². The summed E-state index contributed by atoms with van der Waals surface area (Å²) in [7, 11) is 0. The van der Waals surface area contributed by atoms with Crippen LogP contribution in [-0.2, 0) is 9.53 Å². The van der Waals surface area contributed by atoms with Crippen molar-refractivity contribution in [3.8, 4) is 0 Å². The number of rotatable bonds is 9. The van der Waals surface area contributed by atoms with Gasteiger partial charge in [0.15, 0.2) is 0 Å². The minimum atomic E-state index is -0.770. The van der Waals surface area contributed by atoms with Gasteiger partial charge in [-0.05, 0) is 20.3 Å². The van der Waals surface area contributed by atoms with Crippen molar-refractivity contribution in [1.29, 1.82) is 0 Å². The zero-order valence-electron chi connectivity index (χ0n) is 9.95. The molecule has 2 N–H and O–H groups in total. The highest BCUT2D eigenvalue weighted by atomic mass is 16.5. The molecule has 0 aliphatic rings. The molecule has 0 heterocycles. The van der Waals surface area contributed by atoms with Crippen molar-refractivity contribution >= 4 is 5.97 Å². The fourth-order valence-electron chi connectivity index (χ4n) is 1.25. The SMILES string of the molecule is CCCCC(NCCOC(C)C)C(=O)O. The van der Waals surface area contributed by atoms with Crippen LogP contribution in [0.15, 0.2) is 0 Å². The molecule has 0 radical (unpaired) electrons. The standard InChI is InChI=1S/C11H23NO3/c1-4-5-6-10(11(13)14)12-7-8-15-9(2)3/h9-10,12H,4-8H2,1-3H3,(H,13,14). The summed E-state index contributed by atoms with van der Waals surface area (Å²) in [5, 5.41) is 11.9. The number of aliphatic carboxylic acids is 1. The zero-order chi connectivity index (χ0) is 11.7. The third-order valence-corrected chi connectivity index (χ3v) is 2.09. The van der Waals surface area contributed by atoms with Gasteiger partial charge in [-0.3, -0.25) is 4.79 Å². The Kier molecular flexibility index (Phi) is 8.33. The lowest BCUT2D eigenvalue weighted by Crippen LogP contribution is -2.38. The van der Waals surface area contributed by atoms with Gasteiger partial charge in [0.25, 0.3) is 0 Å². The van der Waals surface area contributed by atoms with Crippen molar-refractivity contribution < 1.29 is 14.6 Å². The average Bonchev–Trinajstić information content (AvgIpc) is 2.15. The minimum absolute atomic E-state index is 0.200. The van der Waals surface area contributed by atoms with E-state index in [4.69, 9.17) is 9.84 Å². The Labute approximate surface area is 92.0 Å². The normalized spacial score (nSPS) is 13.1. The first kappa shape index (κ1) is 14.4. The maximum atomic E-state index is 10.8. The van der Waals surface area contributed by atoms with Crippen molar-refractivity contribution in [1.82, 2.24) is 5.32 Å². The summed E-state index contributed by atoms with van der Waals surface area (Å²) >= 11 is 0. The van der Waals surface area contributed by atoms with E-state index in [1.165, 1.54) is 0 Å². The van der Waals surface area contributed by atoms with E-state index in [2.05, 4.69) is 12.2 Å². The Bertz CT molecular complexity index is 171. The van der Waals surface area contributed by atoms with E-state index in [1.54, 1.807) is 0 Å². The quantitative estimate of drug-likeness (QED) is 0.576. The van der Waals surface area contributed by atoms with Crippen LogP contribution in [0.4, 0.5) is 0 Å². The van der Waals surface area contributed by atoms with Gasteiger partial charge in [-0.1, -0.05) is 19.8 Å². The largest absolute Gasteiger partial charge is 0.480 e. The van der Waals surface area contributed by atoms with Gasteiger partial charge in [0.05, 0.1) is 12.7 Å². The first-order valence-corrected chi connectivity index (χ1v) is 5.65. The number of unbranched alkanes of at least 4 members (excludes halogenated alkanes) is 1. The summed E-state index contributed by atoms with van der Waals surface area (Å²) in [5.41, 5.74) is 0. The predicted octanol–water partition coefficient (Wildman–Crippen LogP) is 1.64. The molecule has 0 aromatic rings. The summed E-state index contributed by atoms with van der Waals surface area (Å²) in [4.78, 5) is 10.8. The molecule has 0 aliphatic carbocycles. The van der Waals surface area contributed by atoms with Crippen LogP contribution in [0.1, 0.15) is 40.0 Å². The van der Waals surface area contributed by atoms with Crippen molar-refractivity contribution in [2.75, 3.05) is 13.2 Å². The number of carboxylic acid groups (broad SMARTS) is 1. The van der Waals surface area contributed by atoms with Crippen LogP contribution in [0.25, 0.3) is 0 Å². The van der Waals surface area contributed by atoms with E-state index in [0.29, 0.717) is 19.6 Å². The van der Waals surface area contributed by atoms with Crippen LogP contribution in [-0.4, -0.2) is 36.4 Å². The first-order chi connectivity index (χ1) is 7.07. The van der Waals surface area contributed by atoms with Gasteiger partial charge in [-0.2, -0.15) is 0 Å². The number of carbonyl (C=O) groups is 1. The lowest BCUT2D eigenvalue weighted by molar-refractivity contribution is -0.139. The van der Waals surface area contributed by atoms with Gasteiger partial charge >= 0.3 is 5.97 Å². The Balaban J connectivity index is 3.62. The fourth-order valence-corrected chi connectivity index (χ4v) is 1.25. The van der Waals surface area contributed by atoms with Crippen molar-refractivity contribution in [3.63, 3.8) is 0 Å². The Morgan fingerprint density at radius 1 is 1.47 bits per heavy atom. The monoisotopic (exact) mass is 217 g/mol. The molecule has 0 spiro atoms. The van der Waals surface area contributed by atoms with Gasteiger partial charge in [0, 0.05) is 6.54 Å². The predicted molar refractivity (Wildman–Crippen MR) is 60.0 cm³/mol. The van der Waals surface area contributed by atoms with Gasteiger partial charge in [-0.25, -0.2) is 0 Å². The molecule has 4 heteroatoms. The van der Waals surface area contributed by atoms with Gasteiger partial charge in [0.1, 0.15) is 6.04 Å². The van der Waals surface area contributed by atoms with Crippen LogP contribution in [0.5, 0.6) is 0 Å². The summed E-state index contributed by atoms with van der Waals surface area (Å²) in [6.45, 7) is 7.14. The Morgan fingerprint density at radius 3 is 2.60 bits per heavy atom. The number of nitrogens with one attached hydrogen (secondary N) is 1. The maximum Gasteiger partial charge on any atom is 0.320 e. The molecule has 1 atom stereocenters. The third kappa shape index (κ3) is 8.39. The number of hydrogen-bond donors (Lipinski definition) is 2. The number of carboxylic acids is 1. The summed E-state index contributed by atoms with van der Waals surface area (Å²) in [5.74, 6) is -0.770. The molecule has 0 saturated carbocycles. The summed E-state index contributed by atoms with van der Waals surface area (Å²) in [6, 6.07) is -0.430. The second kappa shape index (κ2) is 8.68. The van der Waals surface area contributed by atoms with Crippen molar-refractivity contribution in [3.05, 3.63) is 0 Å². The molecule has 1 unspecified atom stereocenters. The molecule has 0 fully saturated rings. The molecule has 0 rings (SSSR count). The lowest BCUT2D eigenvalue weighted by atomic mass is 10.1. The highest BCUT2D eigenvalue weighted by molar-refractivity contribution is 5.73. The smallest absolute Gasteiger partial charge is 0.320 e. The van der Waals surface area contributed by atoms with Crippen LogP contribution in [0, 0.1) is 0 Å². The van der Waals surface area contributed by atoms with Gasteiger partial charge in [-0.15, -0.1) is 0 Å². The molecule has 0 aromatic carbocycles. The molecule has 90 valence electrons. The maximum absolute atomic E-state index is 10.8. The first-order valence-electron chi connectivity index (χ1n) is 5.65. The molecule has 0 saturated heterocycles. The molecule has 0 aromatic heterocycles. The van der Waals surface area contributed by atoms with E-state index in [-0.39, 0.29) is 6.10 Å². The van der Waals surface area contributed by atoms with E-state index in [0.717, 1.165) is 12.8 Å². The molecule has 4 nitrogen and oxygen atoms in total. The van der Waals surface area contributed by atoms with E-state index < -0.39 is 12.0 Å². The highest BCUT2D eigenvalue weighted by Gasteiger charge is 2.15. The van der Waals surface area contributed by atoms with Crippen molar-refractivity contribution in [2.24, 2.45) is 0 Å². The van der Waals surface area contributed by atoms with Crippen LogP contribution in [0.3, 0.4) is 0 Å². The Morgan fingerprint density at radius 2 is 2.13 bits per heavy atom. The van der Waals surface area contributed by atoms with Crippen LogP contribution < -0.4 is 5.32 Å². The highest BCUT2D eigenvalue weighted by Crippen LogP contribution is 2.00. The second-order valence-corrected chi connectivity index (χ2v) is 3.91. The lowest BCUT2D eigenvalue weighted by Gasteiger charge is -2.14. The molecular formula is C11H23NO3. The van der Waals surface area contributed by atoms with Crippen LogP contribution in [0.2, 0.25) is 0 Å². The van der Waals surface area contributed by atoms with E-state index >= 15 is 0 Å². The van der Waals surface area contributed by atoms with E-state index in [9.17, 15) is 4.79 Å². The topological polar surface area (TPSA) is 58.6 Å².